The fraction of sp³-hybridized carbons (Fsp3) is 0.0882. The number of benzene rings is 3. The van der Waals surface area contributed by atoms with Gasteiger partial charge in [-0.05, 0) is 78.9 Å². The monoisotopic (exact) mass is 593 g/mol. The fourth-order valence-electron chi connectivity index (χ4n) is 5.67. The van der Waals surface area contributed by atoms with E-state index in [0.29, 0.717) is 28.7 Å². The number of aldehydes is 1. The maximum absolute atomic E-state index is 10.9. The van der Waals surface area contributed by atoms with E-state index in [4.69, 9.17) is 21.4 Å². The van der Waals surface area contributed by atoms with Gasteiger partial charge in [0.15, 0.2) is 17.8 Å². The number of hydrogen-bond donors (Lipinski definition) is 3. The molecule has 220 valence electrons. The number of pyridine rings is 2. The van der Waals surface area contributed by atoms with Crippen LogP contribution in [-0.4, -0.2) is 47.1 Å². The molecule has 0 saturated carbocycles. The van der Waals surface area contributed by atoms with E-state index in [2.05, 4.69) is 55.3 Å². The smallest absolute Gasteiger partial charge is 0.248 e. The number of rotatable bonds is 5. The molecular formula is C34H27N9O2. The van der Waals surface area contributed by atoms with Crippen LogP contribution in [0.4, 0.5) is 5.82 Å². The zero-order valence-corrected chi connectivity index (χ0v) is 24.0. The quantitative estimate of drug-likeness (QED) is 0.232. The van der Waals surface area contributed by atoms with Crippen LogP contribution in [0.3, 0.4) is 0 Å². The number of nitrogens with zero attached hydrogens (tertiary/aromatic N) is 6. The lowest BCUT2D eigenvalue weighted by atomic mass is 10.1. The number of nitrogen functional groups attached to an aromatic ring is 1. The van der Waals surface area contributed by atoms with Gasteiger partial charge in [-0.1, -0.05) is 36.4 Å². The van der Waals surface area contributed by atoms with Gasteiger partial charge >= 0.3 is 0 Å². The normalized spacial score (nSPS) is 12.1. The number of amides is 1. The molecule has 0 bridgehead atoms. The molecule has 5 N–H and O–H groups in total. The number of carbonyl (C=O) groups is 2. The highest BCUT2D eigenvalue weighted by molar-refractivity contribution is 6.02. The highest BCUT2D eigenvalue weighted by atomic mass is 16.1. The molecular weight excluding hydrogens is 566 g/mol. The Morgan fingerprint density at radius 3 is 2.51 bits per heavy atom. The number of imidazole rings is 1. The van der Waals surface area contributed by atoms with E-state index < -0.39 is 5.91 Å². The van der Waals surface area contributed by atoms with Crippen LogP contribution in [-0.2, 0) is 12.8 Å². The largest absolute Gasteiger partial charge is 0.383 e. The van der Waals surface area contributed by atoms with Gasteiger partial charge in [0.2, 0.25) is 5.91 Å². The second kappa shape index (κ2) is 11.5. The first-order valence-corrected chi connectivity index (χ1v) is 14.4. The number of H-pyrrole nitrogens is 1. The molecule has 0 aliphatic heterocycles. The van der Waals surface area contributed by atoms with Crippen molar-refractivity contribution < 1.29 is 9.59 Å². The van der Waals surface area contributed by atoms with Crippen molar-refractivity contribution in [1.82, 2.24) is 34.9 Å². The lowest BCUT2D eigenvalue weighted by Crippen LogP contribution is -2.11. The second-order valence-electron chi connectivity index (χ2n) is 10.7. The predicted molar refractivity (Wildman–Crippen MR) is 172 cm³/mol. The highest BCUT2D eigenvalue weighted by Gasteiger charge is 2.20. The summed E-state index contributed by atoms with van der Waals surface area (Å²) in [7, 11) is 0. The minimum absolute atomic E-state index is 0.244. The van der Waals surface area contributed by atoms with Crippen LogP contribution in [0.2, 0.25) is 0 Å². The van der Waals surface area contributed by atoms with E-state index in [0.717, 1.165) is 52.3 Å². The van der Waals surface area contributed by atoms with Gasteiger partial charge in [0, 0.05) is 28.6 Å². The van der Waals surface area contributed by atoms with Crippen LogP contribution in [0.1, 0.15) is 38.3 Å². The van der Waals surface area contributed by atoms with Gasteiger partial charge in [-0.25, -0.2) is 15.0 Å². The second-order valence-corrected chi connectivity index (χ2v) is 10.7. The summed E-state index contributed by atoms with van der Waals surface area (Å²) in [5.74, 6) is 0.623. The van der Waals surface area contributed by atoms with E-state index in [1.165, 1.54) is 29.7 Å². The van der Waals surface area contributed by atoms with Crippen LogP contribution in [0, 0.1) is 0 Å². The lowest BCUT2D eigenvalue weighted by Gasteiger charge is -2.12. The topological polar surface area (TPSA) is 171 Å². The van der Waals surface area contributed by atoms with Crippen molar-refractivity contribution >= 4 is 40.2 Å². The van der Waals surface area contributed by atoms with Crippen molar-refractivity contribution in [1.29, 1.82) is 0 Å². The third-order valence-electron chi connectivity index (χ3n) is 7.86. The molecule has 4 heterocycles. The number of aryl methyl sites for hydroxylation is 2. The zero-order valence-electron chi connectivity index (χ0n) is 24.0. The summed E-state index contributed by atoms with van der Waals surface area (Å²) in [6.07, 6.45) is 5.79. The molecule has 8 rings (SSSR count). The molecule has 0 radical (unpaired) electrons. The van der Waals surface area contributed by atoms with Crippen LogP contribution in [0.5, 0.6) is 0 Å². The van der Waals surface area contributed by atoms with E-state index in [1.807, 2.05) is 42.5 Å². The van der Waals surface area contributed by atoms with Crippen molar-refractivity contribution in [3.8, 4) is 28.3 Å². The molecule has 11 heteroatoms. The molecule has 0 fully saturated rings. The number of nitrogens with two attached hydrogens (primary N) is 2. The van der Waals surface area contributed by atoms with Gasteiger partial charge in [-0.15, -0.1) is 0 Å². The summed E-state index contributed by atoms with van der Waals surface area (Å²) >= 11 is 0. The van der Waals surface area contributed by atoms with E-state index >= 15 is 0 Å². The first-order chi connectivity index (χ1) is 22.0. The lowest BCUT2D eigenvalue weighted by molar-refractivity contribution is 0.100. The molecule has 3 aromatic carbocycles. The summed E-state index contributed by atoms with van der Waals surface area (Å²) in [4.78, 5) is 35.8. The Morgan fingerprint density at radius 1 is 0.867 bits per heavy atom. The Bertz CT molecular complexity index is 2220. The first kappa shape index (κ1) is 27.6. The van der Waals surface area contributed by atoms with E-state index in [-0.39, 0.29) is 5.56 Å². The number of carbonyl (C=O) groups excluding carboxylic acids is 2. The van der Waals surface area contributed by atoms with Crippen molar-refractivity contribution in [2.45, 2.75) is 19.3 Å². The Hall–Kier alpha value is -6.23. The summed E-state index contributed by atoms with van der Waals surface area (Å²) in [5, 5.41) is 9.91. The molecule has 1 aliphatic rings. The Labute approximate surface area is 257 Å². The summed E-state index contributed by atoms with van der Waals surface area (Å²) in [5.41, 5.74) is 21.1. The third-order valence-corrected chi connectivity index (χ3v) is 7.86. The van der Waals surface area contributed by atoms with Crippen LogP contribution < -0.4 is 11.5 Å². The van der Waals surface area contributed by atoms with Crippen molar-refractivity contribution in [3.05, 3.63) is 113 Å². The third kappa shape index (κ3) is 5.16. The predicted octanol–water partition coefficient (Wildman–Crippen LogP) is 5.09. The molecule has 0 unspecified atom stereocenters. The number of primary amides is 1. The molecule has 0 spiro atoms. The Morgan fingerprint density at radius 2 is 1.71 bits per heavy atom. The Kier molecular flexibility index (Phi) is 7.02. The maximum atomic E-state index is 10.9. The number of anilines is 1. The molecule has 7 aromatic rings. The van der Waals surface area contributed by atoms with Crippen molar-refractivity contribution in [3.63, 3.8) is 0 Å². The number of nitrogens with one attached hydrogen (secondary N) is 1. The van der Waals surface area contributed by atoms with Crippen LogP contribution in [0.25, 0.3) is 50.5 Å². The summed E-state index contributed by atoms with van der Waals surface area (Å²) in [6, 6.07) is 27.7. The van der Waals surface area contributed by atoms with Gasteiger partial charge < -0.3 is 11.5 Å². The molecule has 11 nitrogen and oxygen atoms in total. The fourth-order valence-corrected chi connectivity index (χ4v) is 5.67. The van der Waals surface area contributed by atoms with Gasteiger partial charge in [-0.2, -0.15) is 15.4 Å². The van der Waals surface area contributed by atoms with Gasteiger partial charge in [0.25, 0.3) is 0 Å². The van der Waals surface area contributed by atoms with Gasteiger partial charge in [0.1, 0.15) is 22.4 Å². The molecule has 4 aromatic heterocycles. The van der Waals surface area contributed by atoms with Gasteiger partial charge in [-0.3, -0.25) is 14.2 Å². The standard InChI is InChI=1S/C26H21N5.C8H6N4O2/c27-24-21(10-5-15-28-24)25-30-23-14-13-22(18-6-2-1-3-7-18)29-26(23)31(25)20-12-11-17-8-4-9-19(17)16-20;9-8(14)4-1-5(3-13)7-6(2-4)10-12-11-7/h1-3,5-7,10-16H,4,8-9H2,(H2,27,28);1-3H,(H2,9,14)(H,10,11,12). The number of fused-ring (bicyclic) bond motifs is 3. The SMILES string of the molecule is NC(=O)c1cc(C=O)c2n[nH]nc2c1.Nc1ncccc1-c1nc2ccc(-c3ccccc3)nc2n1-c1ccc2c(c1)CCC2. The minimum Gasteiger partial charge on any atom is -0.383 e. The first-order valence-electron chi connectivity index (χ1n) is 14.4. The average Bonchev–Trinajstić information content (AvgIpc) is 3.83. The molecule has 1 aliphatic carbocycles. The van der Waals surface area contributed by atoms with Crippen molar-refractivity contribution in [2.24, 2.45) is 5.73 Å². The highest BCUT2D eigenvalue weighted by Crippen LogP contribution is 2.33. The molecule has 0 atom stereocenters. The number of aromatic nitrogens is 7. The van der Waals surface area contributed by atoms with E-state index in [1.54, 1.807) is 6.20 Å². The van der Waals surface area contributed by atoms with Crippen LogP contribution in [0.15, 0.2) is 91.1 Å². The maximum Gasteiger partial charge on any atom is 0.248 e. The van der Waals surface area contributed by atoms with Gasteiger partial charge in [0.05, 0.1) is 11.3 Å². The number of hydrogen-bond acceptors (Lipinski definition) is 8. The summed E-state index contributed by atoms with van der Waals surface area (Å²) < 4.78 is 2.12. The molecule has 0 saturated heterocycles. The van der Waals surface area contributed by atoms with Crippen molar-refractivity contribution in [2.75, 3.05) is 5.73 Å². The van der Waals surface area contributed by atoms with E-state index in [9.17, 15) is 9.59 Å². The molecule has 1 amide bonds. The summed E-state index contributed by atoms with van der Waals surface area (Å²) in [6.45, 7) is 0. The zero-order chi connectivity index (χ0) is 30.9. The number of aromatic amines is 1. The minimum atomic E-state index is -0.599. The molecule has 45 heavy (non-hydrogen) atoms. The Balaban J connectivity index is 0.000000195. The van der Waals surface area contributed by atoms with Crippen LogP contribution >= 0.6 is 0 Å². The average molecular weight is 594 g/mol.